The number of aromatic amines is 1. The minimum Gasteiger partial charge on any atom is -0.312 e. The first-order chi connectivity index (χ1) is 11.3. The van der Waals surface area contributed by atoms with E-state index >= 15 is 0 Å². The molecule has 0 fully saturated rings. The number of H-pyrrole nitrogens is 1. The SMILES string of the molecule is CCN1C(=O)C(C)(C)c2cc(N=NC(C)c3cc(C)[nH]n3)ccc21. The second-order valence-corrected chi connectivity index (χ2v) is 6.74. The van der Waals surface area contributed by atoms with E-state index in [2.05, 4.69) is 20.4 Å². The summed E-state index contributed by atoms with van der Waals surface area (Å²) >= 11 is 0. The second kappa shape index (κ2) is 5.85. The van der Waals surface area contributed by atoms with Gasteiger partial charge in [0.25, 0.3) is 0 Å². The molecule has 24 heavy (non-hydrogen) atoms. The number of benzene rings is 1. The molecule has 0 saturated heterocycles. The van der Waals surface area contributed by atoms with Gasteiger partial charge in [0.1, 0.15) is 6.04 Å². The molecule has 3 rings (SSSR count). The van der Waals surface area contributed by atoms with Gasteiger partial charge in [-0.2, -0.15) is 15.3 Å². The molecule has 1 aromatic heterocycles. The van der Waals surface area contributed by atoms with Gasteiger partial charge in [0.05, 0.1) is 16.8 Å². The number of likely N-dealkylation sites (N-methyl/N-ethyl adjacent to an activating group) is 1. The number of nitrogens with zero attached hydrogens (tertiary/aromatic N) is 4. The predicted molar refractivity (Wildman–Crippen MR) is 93.8 cm³/mol. The molecule has 0 bridgehead atoms. The second-order valence-electron chi connectivity index (χ2n) is 6.74. The molecule has 2 aromatic rings. The number of azo groups is 1. The normalized spacial score (nSPS) is 17.5. The van der Waals surface area contributed by atoms with Crippen molar-refractivity contribution in [2.24, 2.45) is 10.2 Å². The smallest absolute Gasteiger partial charge is 0.237 e. The van der Waals surface area contributed by atoms with Crippen molar-refractivity contribution in [2.75, 3.05) is 11.4 Å². The van der Waals surface area contributed by atoms with Crippen LogP contribution < -0.4 is 4.90 Å². The van der Waals surface area contributed by atoms with Gasteiger partial charge in [0, 0.05) is 17.9 Å². The quantitative estimate of drug-likeness (QED) is 0.855. The summed E-state index contributed by atoms with van der Waals surface area (Å²) in [4.78, 5) is 14.4. The van der Waals surface area contributed by atoms with Gasteiger partial charge in [-0.05, 0) is 64.4 Å². The lowest BCUT2D eigenvalue weighted by Gasteiger charge is -2.18. The highest BCUT2D eigenvalue weighted by Gasteiger charge is 2.43. The van der Waals surface area contributed by atoms with E-state index in [4.69, 9.17) is 0 Å². The minimum absolute atomic E-state index is 0.120. The third kappa shape index (κ3) is 2.62. The average molecular weight is 325 g/mol. The Balaban J connectivity index is 1.88. The number of anilines is 1. The Morgan fingerprint density at radius 2 is 2.08 bits per heavy atom. The summed E-state index contributed by atoms with van der Waals surface area (Å²) in [5, 5.41) is 15.8. The first-order valence-electron chi connectivity index (χ1n) is 8.24. The van der Waals surface area contributed by atoms with Crippen molar-refractivity contribution in [2.45, 2.75) is 46.1 Å². The van der Waals surface area contributed by atoms with Crippen molar-refractivity contribution in [1.82, 2.24) is 10.2 Å². The third-order valence-corrected chi connectivity index (χ3v) is 4.54. The van der Waals surface area contributed by atoms with Crippen molar-refractivity contribution >= 4 is 17.3 Å². The molecule has 1 unspecified atom stereocenters. The van der Waals surface area contributed by atoms with Gasteiger partial charge in [0.2, 0.25) is 5.91 Å². The number of hydrogen-bond donors (Lipinski definition) is 1. The Morgan fingerprint density at radius 3 is 2.71 bits per heavy atom. The van der Waals surface area contributed by atoms with E-state index < -0.39 is 5.41 Å². The average Bonchev–Trinajstić information content (AvgIpc) is 3.07. The molecule has 126 valence electrons. The van der Waals surface area contributed by atoms with Crippen LogP contribution in [0.5, 0.6) is 0 Å². The van der Waals surface area contributed by atoms with Crippen LogP contribution in [0.3, 0.4) is 0 Å². The molecule has 1 aromatic carbocycles. The zero-order valence-corrected chi connectivity index (χ0v) is 14.8. The highest BCUT2D eigenvalue weighted by molar-refractivity contribution is 6.07. The molecule has 0 radical (unpaired) electrons. The zero-order chi connectivity index (χ0) is 17.5. The molecule has 6 heteroatoms. The number of fused-ring (bicyclic) bond motifs is 1. The van der Waals surface area contributed by atoms with E-state index in [9.17, 15) is 4.79 Å². The van der Waals surface area contributed by atoms with Crippen molar-refractivity contribution in [3.05, 3.63) is 41.2 Å². The highest BCUT2D eigenvalue weighted by atomic mass is 16.2. The molecule has 1 aliphatic rings. The van der Waals surface area contributed by atoms with E-state index in [0.717, 1.165) is 28.3 Å². The summed E-state index contributed by atoms with van der Waals surface area (Å²) in [6.45, 7) is 10.5. The largest absolute Gasteiger partial charge is 0.312 e. The Hall–Kier alpha value is -2.50. The zero-order valence-electron chi connectivity index (χ0n) is 14.8. The number of carbonyl (C=O) groups excluding carboxylic acids is 1. The van der Waals surface area contributed by atoms with Crippen LogP contribution >= 0.6 is 0 Å². The van der Waals surface area contributed by atoms with Gasteiger partial charge in [0.15, 0.2) is 0 Å². The first kappa shape index (κ1) is 16.4. The fourth-order valence-electron chi connectivity index (χ4n) is 3.06. The predicted octanol–water partition coefficient (Wildman–Crippen LogP) is 4.21. The lowest BCUT2D eigenvalue weighted by Crippen LogP contribution is -2.35. The van der Waals surface area contributed by atoms with E-state index in [0.29, 0.717) is 6.54 Å². The Morgan fingerprint density at radius 1 is 1.33 bits per heavy atom. The maximum Gasteiger partial charge on any atom is 0.237 e. The molecule has 1 amide bonds. The van der Waals surface area contributed by atoms with E-state index in [-0.39, 0.29) is 11.9 Å². The summed E-state index contributed by atoms with van der Waals surface area (Å²) < 4.78 is 0. The fourth-order valence-corrected chi connectivity index (χ4v) is 3.06. The summed E-state index contributed by atoms with van der Waals surface area (Å²) in [6, 6.07) is 7.68. The molecule has 0 saturated carbocycles. The van der Waals surface area contributed by atoms with Crippen LogP contribution in [0.4, 0.5) is 11.4 Å². The summed E-state index contributed by atoms with van der Waals surface area (Å²) in [5.41, 5.74) is 4.08. The standard InChI is InChI=1S/C18H23N5O/c1-6-23-16-8-7-13(10-14(16)18(4,5)17(23)24)21-20-12(3)15-9-11(2)19-22-15/h7-10,12H,6H2,1-5H3,(H,19,22). The van der Waals surface area contributed by atoms with Crippen LogP contribution in [0.15, 0.2) is 34.5 Å². The summed E-state index contributed by atoms with van der Waals surface area (Å²) in [6.07, 6.45) is 0. The molecular weight excluding hydrogens is 302 g/mol. The van der Waals surface area contributed by atoms with E-state index in [1.54, 1.807) is 0 Å². The van der Waals surface area contributed by atoms with Gasteiger partial charge < -0.3 is 4.90 Å². The van der Waals surface area contributed by atoms with Crippen molar-refractivity contribution in [1.29, 1.82) is 0 Å². The van der Waals surface area contributed by atoms with Crippen molar-refractivity contribution in [3.63, 3.8) is 0 Å². The van der Waals surface area contributed by atoms with Crippen LogP contribution in [-0.4, -0.2) is 22.6 Å². The Kier molecular flexibility index (Phi) is 3.99. The number of aromatic nitrogens is 2. The topological polar surface area (TPSA) is 73.7 Å². The number of rotatable bonds is 4. The molecule has 0 aliphatic carbocycles. The molecule has 0 spiro atoms. The summed E-state index contributed by atoms with van der Waals surface area (Å²) in [5.74, 6) is 0.134. The van der Waals surface area contributed by atoms with E-state index in [1.165, 1.54) is 0 Å². The maximum atomic E-state index is 12.5. The third-order valence-electron chi connectivity index (χ3n) is 4.54. The molecule has 1 atom stereocenters. The van der Waals surface area contributed by atoms with Crippen molar-refractivity contribution in [3.8, 4) is 0 Å². The number of amides is 1. The lowest BCUT2D eigenvalue weighted by atomic mass is 9.86. The van der Waals surface area contributed by atoms with Gasteiger partial charge in [-0.15, -0.1) is 0 Å². The molecule has 1 aliphatic heterocycles. The number of aryl methyl sites for hydroxylation is 1. The first-order valence-corrected chi connectivity index (χ1v) is 8.24. The van der Waals surface area contributed by atoms with Crippen LogP contribution in [0.2, 0.25) is 0 Å². The van der Waals surface area contributed by atoms with Crippen molar-refractivity contribution < 1.29 is 4.79 Å². The monoisotopic (exact) mass is 325 g/mol. The Labute approximate surface area is 142 Å². The maximum absolute atomic E-state index is 12.5. The summed E-state index contributed by atoms with van der Waals surface area (Å²) in [7, 11) is 0. The molecule has 6 nitrogen and oxygen atoms in total. The number of carbonyl (C=O) groups is 1. The van der Waals surface area contributed by atoms with Gasteiger partial charge in [-0.3, -0.25) is 9.89 Å². The van der Waals surface area contributed by atoms with Crippen LogP contribution in [-0.2, 0) is 10.2 Å². The van der Waals surface area contributed by atoms with Crippen LogP contribution in [0, 0.1) is 6.92 Å². The van der Waals surface area contributed by atoms with Crippen LogP contribution in [0.25, 0.3) is 0 Å². The minimum atomic E-state index is -0.526. The molecule has 1 N–H and O–H groups in total. The van der Waals surface area contributed by atoms with Gasteiger partial charge >= 0.3 is 0 Å². The molecule has 2 heterocycles. The van der Waals surface area contributed by atoms with Gasteiger partial charge in [-0.1, -0.05) is 0 Å². The fraction of sp³-hybridized carbons (Fsp3) is 0.444. The highest BCUT2D eigenvalue weighted by Crippen LogP contribution is 2.43. The molecular formula is C18H23N5O. The van der Waals surface area contributed by atoms with Gasteiger partial charge in [-0.25, -0.2) is 0 Å². The lowest BCUT2D eigenvalue weighted by molar-refractivity contribution is -0.122. The van der Waals surface area contributed by atoms with Crippen LogP contribution in [0.1, 0.15) is 50.7 Å². The Bertz CT molecular complexity index is 805. The number of hydrogen-bond acceptors (Lipinski definition) is 4. The van der Waals surface area contributed by atoms with E-state index in [1.807, 2.05) is 63.8 Å². The number of nitrogens with one attached hydrogen (secondary N) is 1.